The number of amides is 2. The molecule has 2 amide bonds. The molecule has 4 nitrogen and oxygen atoms in total. The summed E-state index contributed by atoms with van der Waals surface area (Å²) >= 11 is 1.70. The fourth-order valence-corrected chi connectivity index (χ4v) is 5.61. The molecule has 154 valence electrons. The smallest absolute Gasteiger partial charge is 0.263 e. The number of fused-ring (bicyclic) bond motifs is 1. The predicted octanol–water partition coefficient (Wildman–Crippen LogP) is 4.70. The highest BCUT2D eigenvalue weighted by molar-refractivity contribution is 7.14. The maximum Gasteiger partial charge on any atom is 0.263 e. The summed E-state index contributed by atoms with van der Waals surface area (Å²) in [6, 6.07) is 9.90. The highest BCUT2D eigenvalue weighted by Crippen LogP contribution is 2.29. The molecule has 0 atom stereocenters. The van der Waals surface area contributed by atoms with Gasteiger partial charge in [0.1, 0.15) is 0 Å². The third kappa shape index (κ3) is 4.72. The molecule has 2 heterocycles. The van der Waals surface area contributed by atoms with Crippen LogP contribution in [0.3, 0.4) is 0 Å². The van der Waals surface area contributed by atoms with E-state index in [0.717, 1.165) is 41.8 Å². The number of carbonyl (C=O) groups is 2. The molecule has 0 spiro atoms. The van der Waals surface area contributed by atoms with Gasteiger partial charge in [0.15, 0.2) is 0 Å². The number of hydrogen-bond acceptors (Lipinski definition) is 3. The largest absolute Gasteiger partial charge is 0.337 e. The van der Waals surface area contributed by atoms with Crippen molar-refractivity contribution in [2.24, 2.45) is 0 Å². The number of benzene rings is 1. The van der Waals surface area contributed by atoms with E-state index in [1.807, 2.05) is 41.0 Å². The summed E-state index contributed by atoms with van der Waals surface area (Å²) in [5, 5.41) is 0. The second-order valence-corrected chi connectivity index (χ2v) is 9.42. The first-order valence-corrected chi connectivity index (χ1v) is 11.7. The van der Waals surface area contributed by atoms with E-state index in [1.54, 1.807) is 11.3 Å². The van der Waals surface area contributed by atoms with Gasteiger partial charge in [-0.2, -0.15) is 0 Å². The summed E-state index contributed by atoms with van der Waals surface area (Å²) in [5.41, 5.74) is 3.22. The van der Waals surface area contributed by atoms with Gasteiger partial charge in [-0.05, 0) is 62.8 Å². The van der Waals surface area contributed by atoms with Crippen molar-refractivity contribution < 1.29 is 9.59 Å². The average molecular weight is 411 g/mol. The Morgan fingerprint density at radius 3 is 2.31 bits per heavy atom. The summed E-state index contributed by atoms with van der Waals surface area (Å²) in [5.74, 6) is 0.216. The highest BCUT2D eigenvalue weighted by Gasteiger charge is 2.25. The lowest BCUT2D eigenvalue weighted by molar-refractivity contribution is 0.0721. The second kappa shape index (κ2) is 9.12. The van der Waals surface area contributed by atoms with Gasteiger partial charge in [0.05, 0.1) is 4.88 Å². The average Bonchev–Trinajstić information content (AvgIpc) is 2.94. The third-order valence-corrected chi connectivity index (χ3v) is 7.27. The van der Waals surface area contributed by atoms with Crippen LogP contribution < -0.4 is 0 Å². The van der Waals surface area contributed by atoms with Crippen molar-refractivity contribution in [2.45, 2.75) is 51.9 Å². The molecule has 2 aliphatic rings. The Morgan fingerprint density at radius 2 is 1.55 bits per heavy atom. The van der Waals surface area contributed by atoms with Gasteiger partial charge in [0.25, 0.3) is 11.8 Å². The van der Waals surface area contributed by atoms with E-state index in [9.17, 15) is 9.59 Å². The van der Waals surface area contributed by atoms with Crippen LogP contribution in [0.4, 0.5) is 0 Å². The number of rotatable bonds is 2. The van der Waals surface area contributed by atoms with Crippen molar-refractivity contribution in [1.82, 2.24) is 9.80 Å². The van der Waals surface area contributed by atoms with Crippen LogP contribution in [0.15, 0.2) is 30.3 Å². The van der Waals surface area contributed by atoms with E-state index < -0.39 is 0 Å². The molecule has 0 N–H and O–H groups in total. The molecule has 5 heteroatoms. The molecule has 2 aromatic rings. The van der Waals surface area contributed by atoms with Gasteiger partial charge in [-0.25, -0.2) is 0 Å². The van der Waals surface area contributed by atoms with Crippen LogP contribution in [-0.2, 0) is 12.8 Å². The van der Waals surface area contributed by atoms with Gasteiger partial charge in [-0.1, -0.05) is 30.5 Å². The quantitative estimate of drug-likeness (QED) is 0.720. The monoisotopic (exact) mass is 410 g/mol. The molecular weight excluding hydrogens is 380 g/mol. The molecule has 0 unspecified atom stereocenters. The maximum atomic E-state index is 13.2. The first-order chi connectivity index (χ1) is 14.1. The predicted molar refractivity (Wildman–Crippen MR) is 118 cm³/mol. The van der Waals surface area contributed by atoms with Gasteiger partial charge in [-0.15, -0.1) is 11.3 Å². The Hall–Kier alpha value is -2.14. The molecule has 4 rings (SSSR count). The number of hydrogen-bond donors (Lipinski definition) is 0. The molecule has 1 aliphatic carbocycles. The van der Waals surface area contributed by atoms with Gasteiger partial charge >= 0.3 is 0 Å². The van der Waals surface area contributed by atoms with E-state index in [4.69, 9.17) is 0 Å². The van der Waals surface area contributed by atoms with Crippen LogP contribution in [0.25, 0.3) is 0 Å². The Kier molecular flexibility index (Phi) is 6.34. The van der Waals surface area contributed by atoms with Gasteiger partial charge in [0.2, 0.25) is 0 Å². The summed E-state index contributed by atoms with van der Waals surface area (Å²) < 4.78 is 0. The fraction of sp³-hybridized carbons (Fsp3) is 0.500. The number of nitrogens with zero attached hydrogens (tertiary/aromatic N) is 2. The lowest BCUT2D eigenvalue weighted by Gasteiger charge is -2.22. The van der Waals surface area contributed by atoms with Crippen molar-refractivity contribution in [3.8, 4) is 0 Å². The molecule has 1 aliphatic heterocycles. The van der Waals surface area contributed by atoms with Gasteiger partial charge in [0, 0.05) is 36.6 Å². The lowest BCUT2D eigenvalue weighted by atomic mass is 10.00. The standard InChI is InChI=1S/C24H30N2O2S/c1-18-8-6-10-20(16-18)23(27)25-12-7-13-26(15-14-25)24(28)22-17-19-9-4-2-3-5-11-21(19)29-22/h6,8,10,16-17H,2-5,7,9,11-15H2,1H3. The van der Waals surface area contributed by atoms with Crippen molar-refractivity contribution in [2.75, 3.05) is 26.2 Å². The molecule has 0 radical (unpaired) electrons. The summed E-state index contributed by atoms with van der Waals surface area (Å²) in [7, 11) is 0. The minimum atomic E-state index is 0.0714. The molecule has 1 fully saturated rings. The molecule has 0 saturated carbocycles. The number of aryl methyl sites for hydroxylation is 3. The Labute approximate surface area is 177 Å². The zero-order valence-electron chi connectivity index (χ0n) is 17.3. The summed E-state index contributed by atoms with van der Waals surface area (Å²) in [6.07, 6.45) is 8.13. The zero-order valence-corrected chi connectivity index (χ0v) is 18.1. The van der Waals surface area contributed by atoms with E-state index in [1.165, 1.54) is 36.1 Å². The minimum absolute atomic E-state index is 0.0714. The number of carbonyl (C=O) groups excluding carboxylic acids is 2. The lowest BCUT2D eigenvalue weighted by Crippen LogP contribution is -2.37. The first kappa shape index (κ1) is 20.1. The van der Waals surface area contributed by atoms with Crippen LogP contribution in [0.2, 0.25) is 0 Å². The molecular formula is C24H30N2O2S. The van der Waals surface area contributed by atoms with Crippen LogP contribution in [0.1, 0.15) is 68.1 Å². The van der Waals surface area contributed by atoms with Crippen LogP contribution in [-0.4, -0.2) is 47.8 Å². The van der Waals surface area contributed by atoms with Gasteiger partial charge in [-0.3, -0.25) is 9.59 Å². The second-order valence-electron chi connectivity index (χ2n) is 8.28. The van der Waals surface area contributed by atoms with E-state index in [0.29, 0.717) is 19.6 Å². The van der Waals surface area contributed by atoms with Crippen LogP contribution >= 0.6 is 11.3 Å². The minimum Gasteiger partial charge on any atom is -0.337 e. The maximum absolute atomic E-state index is 13.2. The third-order valence-electron chi connectivity index (χ3n) is 6.04. The summed E-state index contributed by atoms with van der Waals surface area (Å²) in [4.78, 5) is 32.2. The Bertz CT molecular complexity index is 863. The van der Waals surface area contributed by atoms with Crippen LogP contribution in [0.5, 0.6) is 0 Å². The van der Waals surface area contributed by atoms with E-state index in [-0.39, 0.29) is 11.8 Å². The number of thiophene rings is 1. The molecule has 1 aromatic carbocycles. The molecule has 1 aromatic heterocycles. The van der Waals surface area contributed by atoms with Gasteiger partial charge < -0.3 is 9.80 Å². The Balaban J connectivity index is 1.42. The van der Waals surface area contributed by atoms with Crippen molar-refractivity contribution in [3.63, 3.8) is 0 Å². The summed E-state index contributed by atoms with van der Waals surface area (Å²) in [6.45, 7) is 4.64. The van der Waals surface area contributed by atoms with Crippen molar-refractivity contribution >= 4 is 23.2 Å². The normalized spacial score (nSPS) is 17.8. The van der Waals surface area contributed by atoms with Crippen molar-refractivity contribution in [1.29, 1.82) is 0 Å². The zero-order chi connectivity index (χ0) is 20.2. The van der Waals surface area contributed by atoms with E-state index in [2.05, 4.69) is 6.07 Å². The van der Waals surface area contributed by atoms with Crippen LogP contribution in [0, 0.1) is 6.92 Å². The van der Waals surface area contributed by atoms with Crippen molar-refractivity contribution in [3.05, 3.63) is 56.8 Å². The Morgan fingerprint density at radius 1 is 0.828 bits per heavy atom. The first-order valence-electron chi connectivity index (χ1n) is 10.9. The molecule has 0 bridgehead atoms. The van der Waals surface area contributed by atoms with E-state index >= 15 is 0 Å². The molecule has 29 heavy (non-hydrogen) atoms. The molecule has 1 saturated heterocycles. The topological polar surface area (TPSA) is 40.6 Å². The SMILES string of the molecule is Cc1cccc(C(=O)N2CCCN(C(=O)c3cc4c(s3)CCCCCC4)CC2)c1. The fourth-order valence-electron chi connectivity index (χ4n) is 4.39. The highest BCUT2D eigenvalue weighted by atomic mass is 32.1.